The quantitative estimate of drug-likeness (QED) is 0.784. The summed E-state index contributed by atoms with van der Waals surface area (Å²) in [6.07, 6.45) is 0.634. The lowest BCUT2D eigenvalue weighted by Gasteiger charge is -2.13. The van der Waals surface area contributed by atoms with Gasteiger partial charge in [0.25, 0.3) is 0 Å². The fourth-order valence-corrected chi connectivity index (χ4v) is 2.41. The summed E-state index contributed by atoms with van der Waals surface area (Å²) in [5, 5.41) is 5.70. The lowest BCUT2D eigenvalue weighted by Crippen LogP contribution is -2.33. The van der Waals surface area contributed by atoms with Crippen LogP contribution in [-0.2, 0) is 16.0 Å². The normalized spacial score (nSPS) is 11.5. The fraction of sp³-hybridized carbons (Fsp3) is 0.300. The van der Waals surface area contributed by atoms with Gasteiger partial charge in [0.05, 0.1) is 6.42 Å². The van der Waals surface area contributed by atoms with Gasteiger partial charge in [-0.15, -0.1) is 0 Å². The highest BCUT2D eigenvalue weighted by molar-refractivity contribution is 5.80. The monoisotopic (exact) mass is 324 g/mol. The molecule has 2 aromatic rings. The Labute approximate surface area is 143 Å². The Bertz CT molecular complexity index is 641. The molecular weight excluding hydrogens is 300 g/mol. The Balaban J connectivity index is 1.62. The molecule has 2 aromatic carbocycles. The number of amides is 2. The highest BCUT2D eigenvalue weighted by Crippen LogP contribution is 2.12. The maximum atomic E-state index is 11.9. The third-order valence-electron chi connectivity index (χ3n) is 3.86. The summed E-state index contributed by atoms with van der Waals surface area (Å²) in [7, 11) is 0. The minimum Gasteiger partial charge on any atom is -0.355 e. The summed E-state index contributed by atoms with van der Waals surface area (Å²) < 4.78 is 0. The van der Waals surface area contributed by atoms with E-state index in [0.717, 1.165) is 5.56 Å². The first kappa shape index (κ1) is 17.7. The van der Waals surface area contributed by atoms with E-state index in [1.807, 2.05) is 48.5 Å². The van der Waals surface area contributed by atoms with E-state index < -0.39 is 0 Å². The first-order valence-corrected chi connectivity index (χ1v) is 8.27. The van der Waals surface area contributed by atoms with Gasteiger partial charge < -0.3 is 10.6 Å². The van der Waals surface area contributed by atoms with E-state index in [-0.39, 0.29) is 17.7 Å². The van der Waals surface area contributed by atoms with E-state index in [1.165, 1.54) is 5.56 Å². The van der Waals surface area contributed by atoms with E-state index >= 15 is 0 Å². The van der Waals surface area contributed by atoms with Crippen LogP contribution >= 0.6 is 0 Å². The average Bonchev–Trinajstić information content (AvgIpc) is 2.61. The number of rotatable bonds is 8. The molecule has 0 aliphatic rings. The van der Waals surface area contributed by atoms with Gasteiger partial charge in [-0.2, -0.15) is 0 Å². The molecular formula is C20H24N2O2. The van der Waals surface area contributed by atoms with Crippen molar-refractivity contribution in [3.63, 3.8) is 0 Å². The first-order valence-electron chi connectivity index (χ1n) is 8.27. The average molecular weight is 324 g/mol. The molecule has 0 saturated heterocycles. The topological polar surface area (TPSA) is 58.2 Å². The zero-order chi connectivity index (χ0) is 17.2. The highest BCUT2D eigenvalue weighted by Gasteiger charge is 2.08. The Kier molecular flexibility index (Phi) is 7.02. The van der Waals surface area contributed by atoms with Crippen LogP contribution in [0.3, 0.4) is 0 Å². The second-order valence-electron chi connectivity index (χ2n) is 5.88. The van der Waals surface area contributed by atoms with Crippen molar-refractivity contribution in [1.29, 1.82) is 0 Å². The van der Waals surface area contributed by atoms with E-state index in [9.17, 15) is 9.59 Å². The maximum absolute atomic E-state index is 11.9. The van der Waals surface area contributed by atoms with Gasteiger partial charge in [0.1, 0.15) is 0 Å². The molecule has 0 aromatic heterocycles. The van der Waals surface area contributed by atoms with Crippen LogP contribution in [0.1, 0.15) is 30.4 Å². The van der Waals surface area contributed by atoms with E-state index in [0.29, 0.717) is 25.9 Å². The molecule has 0 saturated carbocycles. The SMILES string of the molecule is CC(CNC(=O)CCNC(=O)Cc1ccccc1)c1ccccc1. The van der Waals surface area contributed by atoms with Crippen molar-refractivity contribution >= 4 is 11.8 Å². The summed E-state index contributed by atoms with van der Waals surface area (Å²) >= 11 is 0. The standard InChI is InChI=1S/C20H24N2O2/c1-16(18-10-6-3-7-11-18)15-22-19(23)12-13-21-20(24)14-17-8-4-2-5-9-17/h2-11,16H,12-15H2,1H3,(H,21,24)(H,22,23). The van der Waals surface area contributed by atoms with Crippen molar-refractivity contribution in [2.75, 3.05) is 13.1 Å². The largest absolute Gasteiger partial charge is 0.355 e. The molecule has 0 bridgehead atoms. The number of nitrogens with one attached hydrogen (secondary N) is 2. The summed E-state index contributed by atoms with van der Waals surface area (Å²) in [4.78, 5) is 23.7. The molecule has 0 aliphatic carbocycles. The van der Waals surface area contributed by atoms with Crippen LogP contribution in [0.2, 0.25) is 0 Å². The van der Waals surface area contributed by atoms with Crippen LogP contribution in [0.5, 0.6) is 0 Å². The molecule has 0 fully saturated rings. The van der Waals surface area contributed by atoms with E-state index in [4.69, 9.17) is 0 Å². The molecule has 0 radical (unpaired) electrons. The van der Waals surface area contributed by atoms with Crippen LogP contribution in [0.25, 0.3) is 0 Å². The van der Waals surface area contributed by atoms with Gasteiger partial charge in [-0.25, -0.2) is 0 Å². The number of carbonyl (C=O) groups excluding carboxylic acids is 2. The van der Waals surface area contributed by atoms with Crippen LogP contribution in [-0.4, -0.2) is 24.9 Å². The van der Waals surface area contributed by atoms with Crippen molar-refractivity contribution in [1.82, 2.24) is 10.6 Å². The molecule has 1 unspecified atom stereocenters. The number of carbonyl (C=O) groups is 2. The van der Waals surface area contributed by atoms with Crippen molar-refractivity contribution < 1.29 is 9.59 Å². The van der Waals surface area contributed by atoms with Gasteiger partial charge in [-0.3, -0.25) is 9.59 Å². The van der Waals surface area contributed by atoms with Gasteiger partial charge >= 0.3 is 0 Å². The Hall–Kier alpha value is -2.62. The number of hydrogen-bond donors (Lipinski definition) is 2. The Morgan fingerprint density at radius 1 is 0.875 bits per heavy atom. The lowest BCUT2D eigenvalue weighted by molar-refractivity contribution is -0.122. The molecule has 0 heterocycles. The second-order valence-corrected chi connectivity index (χ2v) is 5.88. The van der Waals surface area contributed by atoms with Crippen LogP contribution in [0.4, 0.5) is 0 Å². The predicted octanol–water partition coefficient (Wildman–Crippen LogP) is 2.66. The summed E-state index contributed by atoms with van der Waals surface area (Å²) in [6, 6.07) is 19.6. The van der Waals surface area contributed by atoms with Crippen molar-refractivity contribution in [2.45, 2.75) is 25.7 Å². The Morgan fingerprint density at radius 3 is 2.17 bits per heavy atom. The van der Waals surface area contributed by atoms with Crippen molar-refractivity contribution in [3.05, 3.63) is 71.8 Å². The first-order chi connectivity index (χ1) is 11.6. The van der Waals surface area contributed by atoms with Crippen LogP contribution < -0.4 is 10.6 Å². The van der Waals surface area contributed by atoms with Crippen molar-refractivity contribution in [3.8, 4) is 0 Å². The Morgan fingerprint density at radius 2 is 1.50 bits per heavy atom. The second kappa shape index (κ2) is 9.50. The fourth-order valence-electron chi connectivity index (χ4n) is 2.41. The van der Waals surface area contributed by atoms with Crippen LogP contribution in [0, 0.1) is 0 Å². The highest BCUT2D eigenvalue weighted by atomic mass is 16.2. The summed E-state index contributed by atoms with van der Waals surface area (Å²) in [5.74, 6) is 0.160. The van der Waals surface area contributed by atoms with Gasteiger partial charge in [-0.1, -0.05) is 67.6 Å². The van der Waals surface area contributed by atoms with Gasteiger partial charge in [-0.05, 0) is 17.0 Å². The van der Waals surface area contributed by atoms with Crippen LogP contribution in [0.15, 0.2) is 60.7 Å². The molecule has 4 nitrogen and oxygen atoms in total. The predicted molar refractivity (Wildman–Crippen MR) is 95.6 cm³/mol. The molecule has 1 atom stereocenters. The molecule has 2 rings (SSSR count). The third kappa shape index (κ3) is 6.24. The minimum absolute atomic E-state index is 0.0437. The summed E-state index contributed by atoms with van der Waals surface area (Å²) in [6.45, 7) is 3.04. The molecule has 0 aliphatic heterocycles. The molecule has 126 valence electrons. The van der Waals surface area contributed by atoms with Gasteiger partial charge in [0.2, 0.25) is 11.8 Å². The van der Waals surface area contributed by atoms with E-state index in [1.54, 1.807) is 0 Å². The molecule has 2 amide bonds. The van der Waals surface area contributed by atoms with Gasteiger partial charge in [0, 0.05) is 19.5 Å². The zero-order valence-corrected chi connectivity index (χ0v) is 14.0. The lowest BCUT2D eigenvalue weighted by atomic mass is 10.0. The molecule has 0 spiro atoms. The number of hydrogen-bond acceptors (Lipinski definition) is 2. The van der Waals surface area contributed by atoms with Gasteiger partial charge in [0.15, 0.2) is 0 Å². The van der Waals surface area contributed by atoms with E-state index in [2.05, 4.69) is 29.7 Å². The molecule has 24 heavy (non-hydrogen) atoms. The molecule has 2 N–H and O–H groups in total. The zero-order valence-electron chi connectivity index (χ0n) is 14.0. The summed E-state index contributed by atoms with van der Waals surface area (Å²) in [5.41, 5.74) is 2.17. The maximum Gasteiger partial charge on any atom is 0.224 e. The minimum atomic E-state index is -0.0633. The van der Waals surface area contributed by atoms with Crippen molar-refractivity contribution in [2.24, 2.45) is 0 Å². The number of benzene rings is 2. The smallest absolute Gasteiger partial charge is 0.224 e. The third-order valence-corrected chi connectivity index (χ3v) is 3.86. The molecule has 4 heteroatoms.